The predicted octanol–water partition coefficient (Wildman–Crippen LogP) is 1.27. The third-order valence-corrected chi connectivity index (χ3v) is 3.39. The minimum absolute atomic E-state index is 0.0928. The molecule has 0 radical (unpaired) electrons. The van der Waals surface area contributed by atoms with E-state index in [0.29, 0.717) is 12.1 Å². The van der Waals surface area contributed by atoms with Crippen molar-refractivity contribution in [2.75, 3.05) is 6.54 Å². The maximum absolute atomic E-state index is 12.0. The number of nitrogens with one attached hydrogen (secondary N) is 2. The van der Waals surface area contributed by atoms with E-state index in [0.717, 1.165) is 10.4 Å². The highest BCUT2D eigenvalue weighted by Crippen LogP contribution is 2.15. The van der Waals surface area contributed by atoms with Crippen molar-refractivity contribution in [2.24, 2.45) is 5.73 Å². The second-order valence-electron chi connectivity index (χ2n) is 3.93. The van der Waals surface area contributed by atoms with Gasteiger partial charge in [-0.3, -0.25) is 9.89 Å². The van der Waals surface area contributed by atoms with Gasteiger partial charge in [0.15, 0.2) is 0 Å². The van der Waals surface area contributed by atoms with E-state index in [-0.39, 0.29) is 11.9 Å². The van der Waals surface area contributed by atoms with Crippen LogP contribution in [-0.4, -0.2) is 22.6 Å². The standard InChI is InChI=1S/C13H14N4OS/c1-9(11-6-15-16-7-11)17-13(18)10-5-12(19-8-10)3-2-4-14/h5-9H,4,14H2,1H3,(H,15,16)(H,17,18). The van der Waals surface area contributed by atoms with Gasteiger partial charge in [-0.15, -0.1) is 11.3 Å². The maximum Gasteiger partial charge on any atom is 0.252 e. The number of carbonyl (C=O) groups excluding carboxylic acids is 1. The van der Waals surface area contributed by atoms with E-state index in [1.807, 2.05) is 6.92 Å². The van der Waals surface area contributed by atoms with Gasteiger partial charge in [0.25, 0.3) is 5.91 Å². The first kappa shape index (κ1) is 13.3. The molecular weight excluding hydrogens is 260 g/mol. The van der Waals surface area contributed by atoms with Crippen LogP contribution in [0.25, 0.3) is 0 Å². The third kappa shape index (κ3) is 3.44. The van der Waals surface area contributed by atoms with Gasteiger partial charge in [0.1, 0.15) is 0 Å². The molecule has 1 atom stereocenters. The fourth-order valence-corrected chi connectivity index (χ4v) is 2.28. The number of nitrogens with zero attached hydrogens (tertiary/aromatic N) is 1. The number of aromatic amines is 1. The molecule has 1 amide bonds. The number of thiophene rings is 1. The Morgan fingerprint density at radius 2 is 2.53 bits per heavy atom. The van der Waals surface area contributed by atoms with Crippen LogP contribution < -0.4 is 11.1 Å². The minimum Gasteiger partial charge on any atom is -0.345 e. The highest BCUT2D eigenvalue weighted by atomic mass is 32.1. The van der Waals surface area contributed by atoms with E-state index in [9.17, 15) is 4.79 Å². The molecule has 2 aromatic heterocycles. The maximum atomic E-state index is 12.0. The molecular formula is C13H14N4OS. The summed E-state index contributed by atoms with van der Waals surface area (Å²) in [4.78, 5) is 12.9. The van der Waals surface area contributed by atoms with E-state index in [2.05, 4.69) is 27.4 Å². The van der Waals surface area contributed by atoms with Crippen molar-refractivity contribution in [2.45, 2.75) is 13.0 Å². The number of rotatable bonds is 3. The lowest BCUT2D eigenvalue weighted by atomic mass is 10.2. The summed E-state index contributed by atoms with van der Waals surface area (Å²) in [6.45, 7) is 2.22. The van der Waals surface area contributed by atoms with Crippen LogP contribution in [0.2, 0.25) is 0 Å². The largest absolute Gasteiger partial charge is 0.345 e. The fourth-order valence-electron chi connectivity index (χ4n) is 1.52. The third-order valence-electron chi connectivity index (χ3n) is 2.54. The monoisotopic (exact) mass is 274 g/mol. The molecule has 5 nitrogen and oxygen atoms in total. The van der Waals surface area contributed by atoms with Gasteiger partial charge in [-0.1, -0.05) is 11.8 Å². The Morgan fingerprint density at radius 1 is 1.68 bits per heavy atom. The first-order chi connectivity index (χ1) is 9.20. The van der Waals surface area contributed by atoms with E-state index >= 15 is 0 Å². The number of amides is 1. The first-order valence-electron chi connectivity index (χ1n) is 5.77. The number of hydrogen-bond acceptors (Lipinski definition) is 4. The van der Waals surface area contributed by atoms with E-state index in [1.165, 1.54) is 11.3 Å². The molecule has 0 aliphatic rings. The van der Waals surface area contributed by atoms with E-state index < -0.39 is 0 Å². The Bertz CT molecular complexity index is 606. The molecule has 4 N–H and O–H groups in total. The molecule has 98 valence electrons. The SMILES string of the molecule is CC(NC(=O)c1csc(C#CCN)c1)c1cn[nH]c1. The molecule has 19 heavy (non-hydrogen) atoms. The summed E-state index contributed by atoms with van der Waals surface area (Å²) < 4.78 is 0. The zero-order chi connectivity index (χ0) is 13.7. The minimum atomic E-state index is -0.120. The lowest BCUT2D eigenvalue weighted by Crippen LogP contribution is -2.25. The molecule has 0 aliphatic carbocycles. The molecule has 0 saturated heterocycles. The normalized spacial score (nSPS) is 11.5. The summed E-state index contributed by atoms with van der Waals surface area (Å²) in [5.74, 6) is 5.55. The summed E-state index contributed by atoms with van der Waals surface area (Å²) in [5, 5.41) is 11.3. The molecule has 0 aliphatic heterocycles. The predicted molar refractivity (Wildman–Crippen MR) is 74.7 cm³/mol. The Morgan fingerprint density at radius 3 is 3.21 bits per heavy atom. The van der Waals surface area contributed by atoms with Crippen LogP contribution in [0.1, 0.15) is 33.8 Å². The lowest BCUT2D eigenvalue weighted by molar-refractivity contribution is 0.0940. The Hall–Kier alpha value is -2.10. The molecule has 2 aromatic rings. The van der Waals surface area contributed by atoms with E-state index in [1.54, 1.807) is 23.8 Å². The van der Waals surface area contributed by atoms with Gasteiger partial charge in [0, 0.05) is 17.1 Å². The van der Waals surface area contributed by atoms with E-state index in [4.69, 9.17) is 5.73 Å². The Labute approximate surface area is 115 Å². The second-order valence-corrected chi connectivity index (χ2v) is 4.84. The van der Waals surface area contributed by atoms with Gasteiger partial charge in [-0.25, -0.2) is 0 Å². The van der Waals surface area contributed by atoms with Gasteiger partial charge in [0.05, 0.1) is 29.2 Å². The van der Waals surface area contributed by atoms with Crippen molar-refractivity contribution in [3.05, 3.63) is 39.8 Å². The van der Waals surface area contributed by atoms with Crippen molar-refractivity contribution in [3.63, 3.8) is 0 Å². The molecule has 0 saturated carbocycles. The molecule has 2 rings (SSSR count). The van der Waals surface area contributed by atoms with Crippen molar-refractivity contribution < 1.29 is 4.79 Å². The summed E-state index contributed by atoms with van der Waals surface area (Å²) >= 11 is 1.43. The van der Waals surface area contributed by atoms with Gasteiger partial charge in [-0.2, -0.15) is 5.10 Å². The summed E-state index contributed by atoms with van der Waals surface area (Å²) in [6, 6.07) is 1.68. The average molecular weight is 274 g/mol. The smallest absolute Gasteiger partial charge is 0.252 e. The van der Waals surface area contributed by atoms with Crippen LogP contribution in [0, 0.1) is 11.8 Å². The molecule has 0 bridgehead atoms. The van der Waals surface area contributed by atoms with Gasteiger partial charge in [0.2, 0.25) is 0 Å². The van der Waals surface area contributed by atoms with Crippen LogP contribution in [0.5, 0.6) is 0 Å². The van der Waals surface area contributed by atoms with Crippen molar-refractivity contribution in [1.82, 2.24) is 15.5 Å². The van der Waals surface area contributed by atoms with Gasteiger partial charge < -0.3 is 11.1 Å². The molecule has 6 heteroatoms. The average Bonchev–Trinajstić information content (AvgIpc) is 3.07. The zero-order valence-corrected chi connectivity index (χ0v) is 11.3. The molecule has 1 unspecified atom stereocenters. The highest BCUT2D eigenvalue weighted by Gasteiger charge is 2.13. The number of carbonyl (C=O) groups is 1. The van der Waals surface area contributed by atoms with Crippen LogP contribution in [-0.2, 0) is 0 Å². The fraction of sp³-hybridized carbons (Fsp3) is 0.231. The zero-order valence-electron chi connectivity index (χ0n) is 10.4. The Balaban J connectivity index is 2.02. The number of H-pyrrole nitrogens is 1. The molecule has 2 heterocycles. The molecule has 0 fully saturated rings. The quantitative estimate of drug-likeness (QED) is 0.737. The lowest BCUT2D eigenvalue weighted by Gasteiger charge is -2.10. The van der Waals surface area contributed by atoms with Crippen LogP contribution in [0.3, 0.4) is 0 Å². The van der Waals surface area contributed by atoms with Crippen molar-refractivity contribution >= 4 is 17.2 Å². The topological polar surface area (TPSA) is 83.8 Å². The van der Waals surface area contributed by atoms with Crippen LogP contribution in [0.4, 0.5) is 0 Å². The number of nitrogens with two attached hydrogens (primary N) is 1. The van der Waals surface area contributed by atoms with Crippen molar-refractivity contribution in [1.29, 1.82) is 0 Å². The van der Waals surface area contributed by atoms with Crippen LogP contribution in [0.15, 0.2) is 23.8 Å². The summed E-state index contributed by atoms with van der Waals surface area (Å²) in [5.41, 5.74) is 6.86. The highest BCUT2D eigenvalue weighted by molar-refractivity contribution is 7.10. The van der Waals surface area contributed by atoms with Gasteiger partial charge in [-0.05, 0) is 13.0 Å². The number of hydrogen-bond donors (Lipinski definition) is 3. The Kier molecular flexibility index (Phi) is 4.34. The summed E-state index contributed by atoms with van der Waals surface area (Å²) in [7, 11) is 0. The number of aromatic nitrogens is 2. The molecule has 0 aromatic carbocycles. The van der Waals surface area contributed by atoms with Crippen molar-refractivity contribution in [3.8, 4) is 11.8 Å². The van der Waals surface area contributed by atoms with Crippen LogP contribution >= 0.6 is 11.3 Å². The van der Waals surface area contributed by atoms with Gasteiger partial charge >= 0.3 is 0 Å². The second kappa shape index (κ2) is 6.18. The molecule has 0 spiro atoms. The first-order valence-corrected chi connectivity index (χ1v) is 6.65. The summed E-state index contributed by atoms with van der Waals surface area (Å²) in [6.07, 6.45) is 3.45.